The first-order valence-electron chi connectivity index (χ1n) is 3.67. The Labute approximate surface area is 67.1 Å². The summed E-state index contributed by atoms with van der Waals surface area (Å²) in [5.74, 6) is 0. The molecule has 58 valence electrons. The smallest absolute Gasteiger partial charge is 0.233 e. The fourth-order valence-electron chi connectivity index (χ4n) is 0.928. The van der Waals surface area contributed by atoms with Crippen LogP contribution < -0.4 is 4.57 Å². The first-order valence-corrected chi connectivity index (χ1v) is 3.67. The third-order valence-corrected chi connectivity index (χ3v) is 1.37. The molecule has 0 unspecified atom stereocenters. The Morgan fingerprint density at radius 2 is 2.45 bits per heavy atom. The molecule has 0 aromatic carbocycles. The molecule has 1 heterocycles. The van der Waals surface area contributed by atoms with Crippen LogP contribution in [0, 0.1) is 0 Å². The van der Waals surface area contributed by atoms with Gasteiger partial charge in [-0.1, -0.05) is 12.7 Å². The lowest BCUT2D eigenvalue weighted by Crippen LogP contribution is -2.29. The molecule has 0 fully saturated rings. The minimum absolute atomic E-state index is 0.866. The molecule has 0 saturated carbocycles. The molecule has 1 aromatic heterocycles. The Balaban J connectivity index is 2.72. The Morgan fingerprint density at radius 1 is 1.64 bits per heavy atom. The lowest BCUT2D eigenvalue weighted by molar-refractivity contribution is -0.686. The van der Waals surface area contributed by atoms with Crippen LogP contribution in [0.2, 0.25) is 0 Å². The summed E-state index contributed by atoms with van der Waals surface area (Å²) in [5, 5.41) is 0. The fraction of sp³-hybridized carbons (Fsp3) is 0.222. The highest BCUT2D eigenvalue weighted by molar-refractivity contribution is 5.18. The van der Waals surface area contributed by atoms with Gasteiger partial charge in [0.1, 0.15) is 18.9 Å². The van der Waals surface area contributed by atoms with Crippen LogP contribution in [0.25, 0.3) is 6.20 Å². The Kier molecular flexibility index (Phi) is 2.66. The lowest BCUT2D eigenvalue weighted by Gasteiger charge is -1.84. The predicted molar refractivity (Wildman–Crippen MR) is 45.8 cm³/mol. The monoisotopic (exact) mass is 149 g/mol. The zero-order chi connectivity index (χ0) is 8.10. The summed E-state index contributed by atoms with van der Waals surface area (Å²) in [6.07, 6.45) is 11.9. The minimum Gasteiger partial charge on any atom is -0.233 e. The number of imidazole rings is 1. The summed E-state index contributed by atoms with van der Waals surface area (Å²) in [7, 11) is 0. The van der Waals surface area contributed by atoms with Crippen LogP contribution in [-0.4, -0.2) is 4.57 Å². The fourth-order valence-corrected chi connectivity index (χ4v) is 0.928. The van der Waals surface area contributed by atoms with E-state index in [9.17, 15) is 0 Å². The van der Waals surface area contributed by atoms with Crippen molar-refractivity contribution in [1.29, 1.82) is 0 Å². The van der Waals surface area contributed by atoms with Crippen molar-refractivity contribution in [2.45, 2.75) is 13.5 Å². The molecule has 11 heavy (non-hydrogen) atoms. The van der Waals surface area contributed by atoms with E-state index in [2.05, 4.69) is 11.1 Å². The number of allylic oxidation sites excluding steroid dienone is 2. The van der Waals surface area contributed by atoms with E-state index in [1.165, 1.54) is 0 Å². The first kappa shape index (κ1) is 7.79. The van der Waals surface area contributed by atoms with E-state index < -0.39 is 0 Å². The largest absolute Gasteiger partial charge is 0.248 e. The molecule has 0 bridgehead atoms. The van der Waals surface area contributed by atoms with E-state index in [-0.39, 0.29) is 0 Å². The zero-order valence-electron chi connectivity index (χ0n) is 6.77. The van der Waals surface area contributed by atoms with Gasteiger partial charge in [0.05, 0.1) is 6.20 Å². The maximum absolute atomic E-state index is 3.66. The van der Waals surface area contributed by atoms with Gasteiger partial charge in [-0.15, -0.1) is 0 Å². The molecule has 1 rings (SSSR count). The topological polar surface area (TPSA) is 8.81 Å². The average molecular weight is 149 g/mol. The molecule has 0 atom stereocenters. The maximum atomic E-state index is 3.66. The maximum Gasteiger partial charge on any atom is 0.248 e. The van der Waals surface area contributed by atoms with Crippen LogP contribution in [0.15, 0.2) is 37.5 Å². The SMILES string of the molecule is C=CC[n+]1ccn(C=CC)c1. The molecule has 0 spiro atoms. The molecule has 0 radical (unpaired) electrons. The van der Waals surface area contributed by atoms with Crippen LogP contribution >= 0.6 is 0 Å². The van der Waals surface area contributed by atoms with Gasteiger partial charge in [-0.25, -0.2) is 9.13 Å². The van der Waals surface area contributed by atoms with Crippen LogP contribution in [0.4, 0.5) is 0 Å². The quantitative estimate of drug-likeness (QED) is 0.454. The number of hydrogen-bond donors (Lipinski definition) is 0. The van der Waals surface area contributed by atoms with Crippen LogP contribution in [-0.2, 0) is 6.54 Å². The van der Waals surface area contributed by atoms with Gasteiger partial charge in [0.15, 0.2) is 0 Å². The highest BCUT2D eigenvalue weighted by Gasteiger charge is 1.96. The van der Waals surface area contributed by atoms with Gasteiger partial charge in [-0.2, -0.15) is 0 Å². The van der Waals surface area contributed by atoms with E-state index in [0.29, 0.717) is 0 Å². The van der Waals surface area contributed by atoms with Crippen molar-refractivity contribution in [3.8, 4) is 0 Å². The summed E-state index contributed by atoms with van der Waals surface area (Å²) in [4.78, 5) is 0. The molecule has 2 nitrogen and oxygen atoms in total. The second-order valence-electron chi connectivity index (χ2n) is 2.33. The standard InChI is InChI=1S/C9H13N2/c1-3-5-10-7-8-11(9-10)6-4-2/h3-4,6-9H,1,5H2,2H3/q+1. The Morgan fingerprint density at radius 3 is 3.09 bits per heavy atom. The van der Waals surface area contributed by atoms with Gasteiger partial charge in [0.25, 0.3) is 0 Å². The van der Waals surface area contributed by atoms with Crippen molar-refractivity contribution < 1.29 is 4.57 Å². The van der Waals surface area contributed by atoms with Gasteiger partial charge in [-0.05, 0) is 13.0 Å². The van der Waals surface area contributed by atoms with Crippen molar-refractivity contribution in [1.82, 2.24) is 4.57 Å². The highest BCUT2D eigenvalue weighted by Crippen LogP contribution is 1.85. The van der Waals surface area contributed by atoms with E-state index in [4.69, 9.17) is 0 Å². The normalized spacial score (nSPS) is 10.6. The van der Waals surface area contributed by atoms with Crippen molar-refractivity contribution in [3.05, 3.63) is 37.5 Å². The van der Waals surface area contributed by atoms with Crippen molar-refractivity contribution >= 4 is 6.20 Å². The van der Waals surface area contributed by atoms with Crippen molar-refractivity contribution in [3.63, 3.8) is 0 Å². The van der Waals surface area contributed by atoms with Gasteiger partial charge in [0, 0.05) is 0 Å². The van der Waals surface area contributed by atoms with Crippen molar-refractivity contribution in [2.24, 2.45) is 0 Å². The average Bonchev–Trinajstić information content (AvgIpc) is 2.38. The minimum atomic E-state index is 0.866. The number of aromatic nitrogens is 2. The molecular formula is C9H13N2+. The molecule has 2 heteroatoms. The van der Waals surface area contributed by atoms with Gasteiger partial charge in [0.2, 0.25) is 6.33 Å². The summed E-state index contributed by atoms with van der Waals surface area (Å²) in [6, 6.07) is 0. The molecule has 0 saturated heterocycles. The molecular weight excluding hydrogens is 136 g/mol. The summed E-state index contributed by atoms with van der Waals surface area (Å²) in [6.45, 7) is 6.53. The van der Waals surface area contributed by atoms with Crippen LogP contribution in [0.1, 0.15) is 6.92 Å². The van der Waals surface area contributed by atoms with E-state index >= 15 is 0 Å². The molecule has 1 aromatic rings. The summed E-state index contributed by atoms with van der Waals surface area (Å²) < 4.78 is 4.07. The molecule has 0 N–H and O–H groups in total. The van der Waals surface area contributed by atoms with Crippen LogP contribution in [0.5, 0.6) is 0 Å². The van der Waals surface area contributed by atoms with Crippen LogP contribution in [0.3, 0.4) is 0 Å². The first-order chi connectivity index (χ1) is 5.36. The van der Waals surface area contributed by atoms with Gasteiger partial charge >= 0.3 is 0 Å². The molecule has 0 aliphatic heterocycles. The van der Waals surface area contributed by atoms with E-state index in [1.807, 2.05) is 48.6 Å². The third-order valence-electron chi connectivity index (χ3n) is 1.37. The van der Waals surface area contributed by atoms with Gasteiger partial charge in [-0.3, -0.25) is 0 Å². The second-order valence-corrected chi connectivity index (χ2v) is 2.33. The Hall–Kier alpha value is -1.31. The lowest BCUT2D eigenvalue weighted by atomic mass is 10.6. The number of hydrogen-bond acceptors (Lipinski definition) is 0. The second kappa shape index (κ2) is 3.76. The highest BCUT2D eigenvalue weighted by atomic mass is 15.1. The Bertz CT molecular complexity index is 258. The number of rotatable bonds is 3. The predicted octanol–water partition coefficient (Wildman–Crippen LogP) is 1.45. The van der Waals surface area contributed by atoms with Gasteiger partial charge < -0.3 is 0 Å². The summed E-state index contributed by atoms with van der Waals surface area (Å²) in [5.41, 5.74) is 0. The molecule has 0 aliphatic rings. The van der Waals surface area contributed by atoms with E-state index in [0.717, 1.165) is 6.54 Å². The third kappa shape index (κ3) is 2.08. The van der Waals surface area contributed by atoms with Crippen molar-refractivity contribution in [2.75, 3.05) is 0 Å². The summed E-state index contributed by atoms with van der Waals surface area (Å²) >= 11 is 0. The van der Waals surface area contributed by atoms with E-state index in [1.54, 1.807) is 0 Å². The molecule has 0 amide bonds. The number of nitrogens with zero attached hydrogens (tertiary/aromatic N) is 2. The zero-order valence-corrected chi connectivity index (χ0v) is 6.77. The molecule has 0 aliphatic carbocycles.